The lowest BCUT2D eigenvalue weighted by Gasteiger charge is -2.20. The van der Waals surface area contributed by atoms with Crippen LogP contribution in [-0.4, -0.2) is 37.1 Å². The van der Waals surface area contributed by atoms with E-state index in [1.165, 1.54) is 10.6 Å². The molecular weight excluding hydrogens is 398 g/mol. The average molecular weight is 422 g/mol. The topological polar surface area (TPSA) is 52.6 Å². The van der Waals surface area contributed by atoms with Gasteiger partial charge in [0.05, 0.1) is 17.2 Å². The number of aromatic nitrogens is 1. The highest BCUT2D eigenvalue weighted by Crippen LogP contribution is 2.22. The third-order valence-corrected chi connectivity index (χ3v) is 5.96. The Morgan fingerprint density at radius 3 is 2.76 bits per heavy atom. The molecule has 5 nitrogen and oxygen atoms in total. The van der Waals surface area contributed by atoms with Gasteiger partial charge in [0.2, 0.25) is 0 Å². The van der Waals surface area contributed by atoms with Crippen LogP contribution in [0.15, 0.2) is 33.7 Å². The maximum absolute atomic E-state index is 4.48. The van der Waals surface area contributed by atoms with E-state index in [0.29, 0.717) is 6.04 Å². The highest BCUT2D eigenvalue weighted by Gasteiger charge is 2.23. The summed E-state index contributed by atoms with van der Waals surface area (Å²) in [5, 5.41) is 8.07. The molecule has 25 heavy (non-hydrogen) atoms. The average Bonchev–Trinajstić information content (AvgIpc) is 3.18. The highest BCUT2D eigenvalue weighted by atomic mass is 79.9. The quantitative estimate of drug-likeness (QED) is 0.585. The molecule has 1 aliphatic heterocycles. The molecular formula is C18H24BrN5S. The zero-order valence-corrected chi connectivity index (χ0v) is 17.2. The summed E-state index contributed by atoms with van der Waals surface area (Å²) >= 11 is 5.23. The lowest BCUT2D eigenvalue weighted by molar-refractivity contribution is 0.649. The molecule has 1 fully saturated rings. The Balaban J connectivity index is 1.52. The minimum Gasteiger partial charge on any atom is -0.369 e. The number of halogens is 1. The van der Waals surface area contributed by atoms with Crippen molar-refractivity contribution in [2.75, 3.05) is 25.0 Å². The van der Waals surface area contributed by atoms with Crippen molar-refractivity contribution < 1.29 is 0 Å². The van der Waals surface area contributed by atoms with E-state index in [9.17, 15) is 0 Å². The van der Waals surface area contributed by atoms with Crippen molar-refractivity contribution in [3.8, 4) is 0 Å². The molecule has 1 aromatic carbocycles. The van der Waals surface area contributed by atoms with Gasteiger partial charge >= 0.3 is 0 Å². The maximum atomic E-state index is 4.48. The number of nitrogens with one attached hydrogen (secondary N) is 2. The molecule has 2 heterocycles. The van der Waals surface area contributed by atoms with Gasteiger partial charge in [-0.3, -0.25) is 4.99 Å². The number of aliphatic imine (C=N–C) groups is 1. The Labute approximate surface area is 161 Å². The molecule has 7 heteroatoms. The van der Waals surface area contributed by atoms with Crippen LogP contribution >= 0.6 is 27.3 Å². The van der Waals surface area contributed by atoms with Gasteiger partial charge < -0.3 is 15.5 Å². The molecule has 3 rings (SSSR count). The van der Waals surface area contributed by atoms with E-state index in [2.05, 4.69) is 72.6 Å². The fourth-order valence-corrected chi connectivity index (χ4v) is 4.20. The Bertz CT molecular complexity index is 740. The van der Waals surface area contributed by atoms with Gasteiger partial charge in [0.25, 0.3) is 0 Å². The van der Waals surface area contributed by atoms with Crippen LogP contribution in [0.5, 0.6) is 0 Å². The van der Waals surface area contributed by atoms with Gasteiger partial charge in [-0.05, 0) is 44.5 Å². The predicted molar refractivity (Wildman–Crippen MR) is 110 cm³/mol. The van der Waals surface area contributed by atoms with E-state index >= 15 is 0 Å². The maximum Gasteiger partial charge on any atom is 0.191 e. The summed E-state index contributed by atoms with van der Waals surface area (Å²) in [5.74, 6) is 0.855. The van der Waals surface area contributed by atoms with Gasteiger partial charge in [-0.25, -0.2) is 4.98 Å². The summed E-state index contributed by atoms with van der Waals surface area (Å²) in [4.78, 5) is 12.5. The first-order chi connectivity index (χ1) is 12.0. The molecule has 1 unspecified atom stereocenters. The molecule has 0 spiro atoms. The van der Waals surface area contributed by atoms with E-state index in [1.54, 1.807) is 11.3 Å². The molecule has 1 atom stereocenters. The van der Waals surface area contributed by atoms with Gasteiger partial charge in [0.1, 0.15) is 0 Å². The fourth-order valence-electron chi connectivity index (χ4n) is 3.05. The molecule has 2 aromatic rings. The minimum atomic E-state index is 0.402. The van der Waals surface area contributed by atoms with Crippen molar-refractivity contribution in [1.29, 1.82) is 0 Å². The molecule has 1 aliphatic rings. The summed E-state index contributed by atoms with van der Waals surface area (Å²) in [6.07, 6.45) is 1.11. The Morgan fingerprint density at radius 1 is 1.36 bits per heavy atom. The number of aryl methyl sites for hydroxylation is 2. The predicted octanol–water partition coefficient (Wildman–Crippen LogP) is 3.47. The molecule has 0 radical (unpaired) electrons. The first-order valence-corrected chi connectivity index (χ1v) is 10.1. The van der Waals surface area contributed by atoms with Crippen LogP contribution in [0.25, 0.3) is 0 Å². The smallest absolute Gasteiger partial charge is 0.191 e. The summed E-state index contributed by atoms with van der Waals surface area (Å²) in [6.45, 7) is 6.91. The van der Waals surface area contributed by atoms with Crippen LogP contribution in [0.4, 0.5) is 5.69 Å². The Kier molecular flexibility index (Phi) is 5.96. The van der Waals surface area contributed by atoms with Gasteiger partial charge in [0.15, 0.2) is 5.96 Å². The van der Waals surface area contributed by atoms with E-state index in [4.69, 9.17) is 0 Å². The fraction of sp³-hybridized carbons (Fsp3) is 0.444. The number of hydrogen-bond acceptors (Lipinski definition) is 4. The van der Waals surface area contributed by atoms with Gasteiger partial charge in [-0.2, -0.15) is 0 Å². The number of guanidine groups is 1. The third kappa shape index (κ3) is 4.73. The van der Waals surface area contributed by atoms with Crippen LogP contribution in [-0.2, 0) is 6.54 Å². The first-order valence-electron chi connectivity index (χ1n) is 8.45. The number of nitrogens with zero attached hydrogens (tertiary/aromatic N) is 3. The summed E-state index contributed by atoms with van der Waals surface area (Å²) in [5.41, 5.74) is 2.37. The van der Waals surface area contributed by atoms with E-state index < -0.39 is 0 Å². The van der Waals surface area contributed by atoms with Gasteiger partial charge in [0, 0.05) is 41.2 Å². The molecule has 1 aromatic heterocycles. The SMILES string of the molecule is CN=C(NCc1sc(C)nc1C)NC1CCN(c2ccc(Br)cc2)C1. The minimum absolute atomic E-state index is 0.402. The zero-order chi connectivity index (χ0) is 17.8. The van der Waals surface area contributed by atoms with Crippen LogP contribution in [0.1, 0.15) is 22.0 Å². The number of anilines is 1. The molecule has 0 saturated carbocycles. The molecule has 1 saturated heterocycles. The number of thiazole rings is 1. The molecule has 2 N–H and O–H groups in total. The van der Waals surface area contributed by atoms with Gasteiger partial charge in [-0.1, -0.05) is 15.9 Å². The van der Waals surface area contributed by atoms with Crippen molar-refractivity contribution in [3.05, 3.63) is 44.3 Å². The van der Waals surface area contributed by atoms with Crippen LogP contribution in [0, 0.1) is 13.8 Å². The van der Waals surface area contributed by atoms with Crippen molar-refractivity contribution >= 4 is 38.9 Å². The highest BCUT2D eigenvalue weighted by molar-refractivity contribution is 9.10. The number of benzene rings is 1. The number of hydrogen-bond donors (Lipinski definition) is 2. The van der Waals surface area contributed by atoms with Crippen LogP contribution < -0.4 is 15.5 Å². The first kappa shape index (κ1) is 18.2. The van der Waals surface area contributed by atoms with Crippen molar-refractivity contribution in [2.24, 2.45) is 4.99 Å². The van der Waals surface area contributed by atoms with Crippen molar-refractivity contribution in [2.45, 2.75) is 32.9 Å². The molecule has 0 amide bonds. The van der Waals surface area contributed by atoms with Crippen molar-refractivity contribution in [3.63, 3.8) is 0 Å². The van der Waals surface area contributed by atoms with Crippen molar-refractivity contribution in [1.82, 2.24) is 15.6 Å². The van der Waals surface area contributed by atoms with Gasteiger partial charge in [-0.15, -0.1) is 11.3 Å². The second-order valence-electron chi connectivity index (χ2n) is 6.22. The van der Waals surface area contributed by atoms with Crippen LogP contribution in [0.2, 0.25) is 0 Å². The van der Waals surface area contributed by atoms with E-state index in [1.807, 2.05) is 14.0 Å². The number of rotatable bonds is 4. The Morgan fingerprint density at radius 2 is 2.12 bits per heavy atom. The Hall–Kier alpha value is -1.60. The monoisotopic (exact) mass is 421 g/mol. The molecule has 0 aliphatic carbocycles. The molecule has 134 valence electrons. The summed E-state index contributed by atoms with van der Waals surface area (Å²) in [7, 11) is 1.82. The lowest BCUT2D eigenvalue weighted by Crippen LogP contribution is -2.44. The van der Waals surface area contributed by atoms with E-state index in [-0.39, 0.29) is 0 Å². The third-order valence-electron chi connectivity index (χ3n) is 4.36. The normalized spacial score (nSPS) is 17.8. The lowest BCUT2D eigenvalue weighted by atomic mass is 10.2. The van der Waals surface area contributed by atoms with Crippen LogP contribution in [0.3, 0.4) is 0 Å². The standard InChI is InChI=1S/C18H24BrN5S/c1-12-17(25-13(2)22-12)10-21-18(20-3)23-15-8-9-24(11-15)16-6-4-14(19)5-7-16/h4-7,15H,8-11H2,1-3H3,(H2,20,21,23). The second-order valence-corrected chi connectivity index (χ2v) is 8.42. The largest absolute Gasteiger partial charge is 0.369 e. The van der Waals surface area contributed by atoms with E-state index in [0.717, 1.165) is 47.2 Å². The summed E-state index contributed by atoms with van der Waals surface area (Å²) in [6, 6.07) is 8.91. The zero-order valence-electron chi connectivity index (χ0n) is 14.8. The summed E-state index contributed by atoms with van der Waals surface area (Å²) < 4.78 is 1.11. The molecule has 0 bridgehead atoms. The second kappa shape index (κ2) is 8.19.